The van der Waals surface area contributed by atoms with E-state index in [1.807, 2.05) is 6.92 Å². The van der Waals surface area contributed by atoms with E-state index in [0.29, 0.717) is 16.1 Å². The van der Waals surface area contributed by atoms with Gasteiger partial charge < -0.3 is 10.6 Å². The van der Waals surface area contributed by atoms with Crippen molar-refractivity contribution in [3.8, 4) is 0 Å². The summed E-state index contributed by atoms with van der Waals surface area (Å²) in [4.78, 5) is 24.7. The average Bonchev–Trinajstić information content (AvgIpc) is 3.40. The van der Waals surface area contributed by atoms with E-state index in [1.54, 1.807) is 36.4 Å². The number of aryl methyl sites for hydroxylation is 1. The highest BCUT2D eigenvalue weighted by molar-refractivity contribution is 8.00. The summed E-state index contributed by atoms with van der Waals surface area (Å²) in [5.74, 6) is -0.608. The molecule has 2 N–H and O–H groups in total. The summed E-state index contributed by atoms with van der Waals surface area (Å²) in [5, 5.41) is 5.73. The number of hydrogen-bond acceptors (Lipinski definition) is 3. The molecular formula is C19H19FN2O2S. The van der Waals surface area contributed by atoms with Gasteiger partial charge in [0, 0.05) is 22.2 Å². The fourth-order valence-electron chi connectivity index (χ4n) is 2.29. The Morgan fingerprint density at radius 1 is 1.20 bits per heavy atom. The van der Waals surface area contributed by atoms with Crippen LogP contribution in [0.4, 0.5) is 10.1 Å². The molecule has 0 saturated heterocycles. The summed E-state index contributed by atoms with van der Waals surface area (Å²) in [6, 6.07) is 11.9. The van der Waals surface area contributed by atoms with Crippen LogP contribution in [0.25, 0.3) is 0 Å². The Hall–Kier alpha value is -2.34. The molecule has 1 saturated carbocycles. The lowest BCUT2D eigenvalue weighted by Gasteiger charge is -2.11. The zero-order valence-electron chi connectivity index (χ0n) is 13.8. The van der Waals surface area contributed by atoms with Crippen molar-refractivity contribution in [1.82, 2.24) is 5.32 Å². The first-order valence-corrected chi connectivity index (χ1v) is 9.10. The number of amides is 2. The van der Waals surface area contributed by atoms with Crippen LogP contribution in [0, 0.1) is 12.7 Å². The number of benzene rings is 2. The number of carbonyl (C=O) groups is 2. The molecule has 0 heterocycles. The first kappa shape index (κ1) is 17.5. The van der Waals surface area contributed by atoms with E-state index in [4.69, 9.17) is 0 Å². The number of carbonyl (C=O) groups excluding carboxylic acids is 2. The molecule has 1 aliphatic rings. The lowest BCUT2D eigenvalue weighted by atomic mass is 10.1. The lowest BCUT2D eigenvalue weighted by molar-refractivity contribution is -0.113. The smallest absolute Gasteiger partial charge is 0.251 e. The predicted octanol–water partition coefficient (Wildman–Crippen LogP) is 3.76. The zero-order valence-corrected chi connectivity index (χ0v) is 14.7. The van der Waals surface area contributed by atoms with Crippen molar-refractivity contribution >= 4 is 29.3 Å². The molecule has 2 aromatic rings. The molecule has 0 spiro atoms. The average molecular weight is 358 g/mol. The third kappa shape index (κ3) is 4.82. The van der Waals surface area contributed by atoms with Gasteiger partial charge in [-0.25, -0.2) is 4.39 Å². The Bertz CT molecular complexity index is 806. The Morgan fingerprint density at radius 2 is 1.96 bits per heavy atom. The third-order valence-electron chi connectivity index (χ3n) is 3.88. The first-order valence-electron chi connectivity index (χ1n) is 8.11. The molecule has 0 radical (unpaired) electrons. The van der Waals surface area contributed by atoms with Crippen molar-refractivity contribution in [2.75, 3.05) is 11.1 Å². The topological polar surface area (TPSA) is 58.2 Å². The molecule has 4 nitrogen and oxygen atoms in total. The van der Waals surface area contributed by atoms with Gasteiger partial charge in [0.25, 0.3) is 5.91 Å². The van der Waals surface area contributed by atoms with Crippen molar-refractivity contribution in [3.05, 3.63) is 59.4 Å². The molecule has 0 bridgehead atoms. The molecule has 0 unspecified atom stereocenters. The Morgan fingerprint density at radius 3 is 2.68 bits per heavy atom. The molecule has 2 aromatic carbocycles. The summed E-state index contributed by atoms with van der Waals surface area (Å²) in [7, 11) is 0. The summed E-state index contributed by atoms with van der Waals surface area (Å²) >= 11 is 1.14. The number of nitrogens with one attached hydrogen (secondary N) is 2. The van der Waals surface area contributed by atoms with E-state index < -0.39 is 0 Å². The van der Waals surface area contributed by atoms with E-state index in [9.17, 15) is 14.0 Å². The zero-order chi connectivity index (χ0) is 17.8. The molecule has 6 heteroatoms. The van der Waals surface area contributed by atoms with E-state index in [2.05, 4.69) is 10.6 Å². The van der Waals surface area contributed by atoms with Crippen LogP contribution in [0.3, 0.4) is 0 Å². The fraction of sp³-hybridized carbons (Fsp3) is 0.263. The summed E-state index contributed by atoms with van der Waals surface area (Å²) in [6.07, 6.45) is 2.04. The van der Waals surface area contributed by atoms with Crippen LogP contribution in [-0.4, -0.2) is 23.6 Å². The number of halogens is 1. The number of hydrogen-bond donors (Lipinski definition) is 2. The molecule has 2 amide bonds. The summed E-state index contributed by atoms with van der Waals surface area (Å²) < 4.78 is 13.6. The second kappa shape index (κ2) is 7.70. The Balaban J connectivity index is 1.62. The quantitative estimate of drug-likeness (QED) is 0.773. The highest BCUT2D eigenvalue weighted by Gasteiger charge is 2.24. The van der Waals surface area contributed by atoms with Gasteiger partial charge in [0.05, 0.1) is 5.75 Å². The van der Waals surface area contributed by atoms with Gasteiger partial charge in [0.15, 0.2) is 0 Å². The Kier molecular flexibility index (Phi) is 5.38. The second-order valence-corrected chi connectivity index (χ2v) is 7.06. The van der Waals surface area contributed by atoms with Crippen molar-refractivity contribution in [2.45, 2.75) is 30.7 Å². The molecule has 0 aromatic heterocycles. The van der Waals surface area contributed by atoms with E-state index in [-0.39, 0.29) is 29.4 Å². The molecule has 0 atom stereocenters. The van der Waals surface area contributed by atoms with Crippen LogP contribution in [0.15, 0.2) is 47.4 Å². The SMILES string of the molecule is Cc1ccc(C(=O)NC2CC2)cc1NC(=O)CSc1ccccc1F. The Labute approximate surface area is 150 Å². The predicted molar refractivity (Wildman–Crippen MR) is 97.4 cm³/mol. The third-order valence-corrected chi connectivity index (χ3v) is 4.93. The van der Waals surface area contributed by atoms with Crippen LogP contribution in [-0.2, 0) is 4.79 Å². The van der Waals surface area contributed by atoms with Gasteiger partial charge in [0.2, 0.25) is 5.91 Å². The van der Waals surface area contributed by atoms with Crippen LogP contribution in [0.5, 0.6) is 0 Å². The molecule has 25 heavy (non-hydrogen) atoms. The largest absolute Gasteiger partial charge is 0.349 e. The lowest BCUT2D eigenvalue weighted by Crippen LogP contribution is -2.25. The van der Waals surface area contributed by atoms with Gasteiger partial charge in [0.1, 0.15) is 5.82 Å². The van der Waals surface area contributed by atoms with Crippen LogP contribution >= 0.6 is 11.8 Å². The molecule has 1 fully saturated rings. The van der Waals surface area contributed by atoms with Gasteiger partial charge >= 0.3 is 0 Å². The first-order chi connectivity index (χ1) is 12.0. The molecule has 1 aliphatic carbocycles. The van der Waals surface area contributed by atoms with Gasteiger partial charge in [-0.15, -0.1) is 11.8 Å². The standard InChI is InChI=1S/C19H19FN2O2S/c1-12-6-7-13(19(24)21-14-8-9-14)10-16(12)22-18(23)11-25-17-5-3-2-4-15(17)20/h2-7,10,14H,8-9,11H2,1H3,(H,21,24)(H,22,23). The van der Waals surface area contributed by atoms with Crippen LogP contribution < -0.4 is 10.6 Å². The summed E-state index contributed by atoms with van der Waals surface area (Å²) in [5.41, 5.74) is 1.99. The highest BCUT2D eigenvalue weighted by atomic mass is 32.2. The van der Waals surface area contributed by atoms with E-state index in [0.717, 1.165) is 30.2 Å². The van der Waals surface area contributed by atoms with Gasteiger partial charge in [-0.1, -0.05) is 18.2 Å². The molecule has 130 valence electrons. The van der Waals surface area contributed by atoms with Crippen LogP contribution in [0.1, 0.15) is 28.8 Å². The number of anilines is 1. The van der Waals surface area contributed by atoms with Gasteiger partial charge in [-0.3, -0.25) is 9.59 Å². The fourth-order valence-corrected chi connectivity index (χ4v) is 3.03. The van der Waals surface area contributed by atoms with Gasteiger partial charge in [-0.2, -0.15) is 0 Å². The monoisotopic (exact) mass is 358 g/mol. The maximum atomic E-state index is 13.6. The normalized spacial score (nSPS) is 13.4. The van der Waals surface area contributed by atoms with Crippen molar-refractivity contribution in [1.29, 1.82) is 0 Å². The minimum atomic E-state index is -0.338. The van der Waals surface area contributed by atoms with E-state index in [1.165, 1.54) is 6.07 Å². The maximum Gasteiger partial charge on any atom is 0.251 e. The van der Waals surface area contributed by atoms with Gasteiger partial charge in [-0.05, 0) is 49.6 Å². The van der Waals surface area contributed by atoms with Crippen LogP contribution in [0.2, 0.25) is 0 Å². The highest BCUT2D eigenvalue weighted by Crippen LogP contribution is 2.23. The second-order valence-electron chi connectivity index (χ2n) is 6.04. The molecular weight excluding hydrogens is 339 g/mol. The number of rotatable bonds is 6. The molecule has 3 rings (SSSR count). The van der Waals surface area contributed by atoms with Crippen molar-refractivity contribution in [3.63, 3.8) is 0 Å². The maximum absolute atomic E-state index is 13.6. The minimum Gasteiger partial charge on any atom is -0.349 e. The molecule has 0 aliphatic heterocycles. The van der Waals surface area contributed by atoms with Crippen molar-refractivity contribution < 1.29 is 14.0 Å². The minimum absolute atomic E-state index is 0.0961. The van der Waals surface area contributed by atoms with E-state index >= 15 is 0 Å². The van der Waals surface area contributed by atoms with Crippen molar-refractivity contribution in [2.24, 2.45) is 0 Å². The number of thioether (sulfide) groups is 1. The summed E-state index contributed by atoms with van der Waals surface area (Å²) in [6.45, 7) is 1.86.